The minimum atomic E-state index is -1.62. The van der Waals surface area contributed by atoms with Crippen molar-refractivity contribution in [2.24, 2.45) is 0 Å². The van der Waals surface area contributed by atoms with Crippen LogP contribution in [0.5, 0.6) is 0 Å². The van der Waals surface area contributed by atoms with E-state index >= 15 is 0 Å². The first-order chi connectivity index (χ1) is 46.6. The number of unbranched alkanes of at least 4 members (excludes halogenated alkanes) is 47. The third kappa shape index (κ3) is 77.7. The number of ether oxygens (including phenoxy) is 4. The molecule has 0 aromatic rings. The second-order valence-electron chi connectivity index (χ2n) is 28.7. The molecule has 0 aromatic heterocycles. The van der Waals surface area contributed by atoms with Gasteiger partial charge in [0, 0.05) is 12.8 Å². The van der Waals surface area contributed by atoms with Crippen LogP contribution in [0.3, 0.4) is 0 Å². The number of likely N-dealkylation sites (N-methyl/N-ethyl adjacent to an activating group) is 1. The van der Waals surface area contributed by atoms with Crippen LogP contribution in [0.1, 0.15) is 386 Å². The molecule has 2 atom stereocenters. The van der Waals surface area contributed by atoms with E-state index in [9.17, 15) is 19.5 Å². The Balaban J connectivity index is 3.97. The van der Waals surface area contributed by atoms with Gasteiger partial charge < -0.3 is 33.3 Å². The van der Waals surface area contributed by atoms with Gasteiger partial charge in [0.05, 0.1) is 40.3 Å². The number of carbonyl (C=O) groups is 3. The second-order valence-corrected chi connectivity index (χ2v) is 28.7. The van der Waals surface area contributed by atoms with Gasteiger partial charge in [-0.05, 0) is 89.9 Å². The van der Waals surface area contributed by atoms with Crippen molar-refractivity contribution in [1.82, 2.24) is 0 Å². The summed E-state index contributed by atoms with van der Waals surface area (Å²) in [6.07, 6.45) is 101. The van der Waals surface area contributed by atoms with E-state index in [0.717, 1.165) is 70.6 Å². The van der Waals surface area contributed by atoms with Gasteiger partial charge in [0.25, 0.3) is 0 Å². The Morgan fingerprint density at radius 2 is 0.600 bits per heavy atom. The summed E-state index contributed by atoms with van der Waals surface area (Å²) in [5.41, 5.74) is 0. The van der Waals surface area contributed by atoms with Gasteiger partial charge in [0.2, 0.25) is 0 Å². The molecule has 0 amide bonds. The van der Waals surface area contributed by atoms with Crippen LogP contribution in [0.25, 0.3) is 0 Å². The van der Waals surface area contributed by atoms with E-state index in [4.69, 9.17) is 18.9 Å². The van der Waals surface area contributed by atoms with Crippen LogP contribution in [0.2, 0.25) is 0 Å². The summed E-state index contributed by atoms with van der Waals surface area (Å²) in [6, 6.07) is 0. The summed E-state index contributed by atoms with van der Waals surface area (Å²) in [7, 11) is 5.95. The Morgan fingerprint density at radius 1 is 0.326 bits per heavy atom. The van der Waals surface area contributed by atoms with Crippen molar-refractivity contribution >= 4 is 17.9 Å². The highest BCUT2D eigenvalue weighted by atomic mass is 16.7. The maximum absolute atomic E-state index is 13.0. The molecule has 0 N–H and O–H groups in total. The quantitative estimate of drug-likeness (QED) is 0.0195. The smallest absolute Gasteiger partial charge is 0.306 e. The van der Waals surface area contributed by atoms with Gasteiger partial charge >= 0.3 is 11.9 Å². The highest BCUT2D eigenvalue weighted by Gasteiger charge is 2.22. The number of hydrogen-bond donors (Lipinski definition) is 0. The standard InChI is InChI=1S/C86H155NO8/c1-6-8-10-12-14-16-18-20-22-24-26-28-30-32-34-36-38-40-41-42-43-45-46-48-50-52-54-56-58-60-62-64-66-68-70-72-74-76-83(88)93-80-82(81-94-86(85(90)91)92-79-78-87(3,4)5)95-84(89)77-75-73-71-69-67-65-63-61-59-57-55-53-51-49-47-44-39-37-35-33-31-29-27-25-23-21-19-17-15-13-11-9-7-2/h9,11,15,17-18,20-21,23-24,26-27,29-30,32,82,86H,6-8,10,12-14,16,19,22,25,28,31,33-81H2,1-5H3/b11-9-,17-15-,20-18-,23-21-,26-24-,29-27-,32-30-. The Labute approximate surface area is 589 Å². The summed E-state index contributed by atoms with van der Waals surface area (Å²) in [6.45, 7) is 4.68. The van der Waals surface area contributed by atoms with Crippen LogP contribution >= 0.6 is 0 Å². The first-order valence-corrected chi connectivity index (χ1v) is 40.7. The van der Waals surface area contributed by atoms with Crippen molar-refractivity contribution in [3.05, 3.63) is 85.1 Å². The van der Waals surface area contributed by atoms with Crippen molar-refractivity contribution in [3.8, 4) is 0 Å². The molecular formula is C86H155NO8. The molecule has 0 aromatic carbocycles. The average molecular weight is 1330 g/mol. The molecule has 0 aliphatic heterocycles. The SMILES string of the molecule is CC/C=C\C/C=C\C/C=C\C/C=C\CCCCCCCCCCCCCCCCCCCCCCC(=O)OC(COC(=O)CCCCCCCCCCCCCCCCCCCCCCCC/C=C\C/C=C\C/C=C\CCCCCCC)COC(OCC[N+](C)(C)C)C(=O)[O-]. The molecular weight excluding hydrogens is 1170 g/mol. The molecule has 0 aliphatic rings. The Morgan fingerprint density at radius 3 is 0.895 bits per heavy atom. The Hall–Kier alpha value is -3.53. The van der Waals surface area contributed by atoms with Crippen LogP contribution in [-0.4, -0.2) is 82.3 Å². The number of hydrogen-bond acceptors (Lipinski definition) is 8. The molecule has 0 saturated carbocycles. The first kappa shape index (κ1) is 91.5. The number of rotatable bonds is 76. The van der Waals surface area contributed by atoms with Crippen molar-refractivity contribution in [2.75, 3.05) is 47.5 Å². The molecule has 0 aliphatic carbocycles. The Bertz CT molecular complexity index is 1840. The van der Waals surface area contributed by atoms with Gasteiger partial charge in [-0.15, -0.1) is 0 Å². The van der Waals surface area contributed by atoms with Crippen LogP contribution in [-0.2, 0) is 33.3 Å². The van der Waals surface area contributed by atoms with Gasteiger partial charge in [-0.3, -0.25) is 9.59 Å². The predicted molar refractivity (Wildman–Crippen MR) is 408 cm³/mol. The molecule has 552 valence electrons. The summed E-state index contributed by atoms with van der Waals surface area (Å²) >= 11 is 0. The molecule has 9 nitrogen and oxygen atoms in total. The minimum absolute atomic E-state index is 0.149. The van der Waals surface area contributed by atoms with Gasteiger partial charge in [0.15, 0.2) is 12.4 Å². The lowest BCUT2D eigenvalue weighted by atomic mass is 10.0. The number of aliphatic carboxylic acids is 1. The fraction of sp³-hybridized carbons (Fsp3) is 0.802. The fourth-order valence-electron chi connectivity index (χ4n) is 12.0. The van der Waals surface area contributed by atoms with Crippen molar-refractivity contribution in [3.63, 3.8) is 0 Å². The number of carboxylic acids is 1. The predicted octanol–water partition coefficient (Wildman–Crippen LogP) is 24.8. The molecule has 95 heavy (non-hydrogen) atoms. The van der Waals surface area contributed by atoms with E-state index in [1.54, 1.807) is 0 Å². The van der Waals surface area contributed by atoms with E-state index in [-0.39, 0.29) is 32.2 Å². The largest absolute Gasteiger partial charge is 0.545 e. The maximum Gasteiger partial charge on any atom is 0.306 e. The lowest BCUT2D eigenvalue weighted by Gasteiger charge is -2.26. The lowest BCUT2D eigenvalue weighted by Crippen LogP contribution is -2.44. The topological polar surface area (TPSA) is 111 Å². The van der Waals surface area contributed by atoms with E-state index in [0.29, 0.717) is 23.9 Å². The van der Waals surface area contributed by atoms with Crippen LogP contribution in [0, 0.1) is 0 Å². The normalized spacial score (nSPS) is 13.1. The zero-order chi connectivity index (χ0) is 69.0. The number of carbonyl (C=O) groups excluding carboxylic acids is 3. The minimum Gasteiger partial charge on any atom is -0.545 e. The number of quaternary nitrogens is 1. The molecule has 0 heterocycles. The number of nitrogens with zero attached hydrogens (tertiary/aromatic N) is 1. The molecule has 0 rings (SSSR count). The highest BCUT2D eigenvalue weighted by Crippen LogP contribution is 2.19. The van der Waals surface area contributed by atoms with Crippen LogP contribution in [0.15, 0.2) is 85.1 Å². The monoisotopic (exact) mass is 1330 g/mol. The lowest BCUT2D eigenvalue weighted by molar-refractivity contribution is -0.870. The van der Waals surface area contributed by atoms with Gasteiger partial charge in [0.1, 0.15) is 13.2 Å². The number of carboxylic acid groups (broad SMARTS) is 1. The van der Waals surface area contributed by atoms with Crippen LogP contribution in [0.4, 0.5) is 0 Å². The molecule has 0 spiro atoms. The fourth-order valence-corrected chi connectivity index (χ4v) is 12.0. The second kappa shape index (κ2) is 76.2. The van der Waals surface area contributed by atoms with Crippen molar-refractivity contribution in [1.29, 1.82) is 0 Å². The third-order valence-electron chi connectivity index (χ3n) is 18.1. The van der Waals surface area contributed by atoms with Gasteiger partial charge in [-0.1, -0.05) is 369 Å². The third-order valence-corrected chi connectivity index (χ3v) is 18.1. The van der Waals surface area contributed by atoms with E-state index < -0.39 is 24.3 Å². The molecule has 0 radical (unpaired) electrons. The molecule has 0 bridgehead atoms. The van der Waals surface area contributed by atoms with E-state index in [2.05, 4.69) is 98.9 Å². The summed E-state index contributed by atoms with van der Waals surface area (Å²) in [5.74, 6) is -2.26. The molecule has 2 unspecified atom stereocenters. The molecule has 9 heteroatoms. The molecule has 0 saturated heterocycles. The molecule has 0 fully saturated rings. The van der Waals surface area contributed by atoms with Crippen molar-refractivity contribution in [2.45, 2.75) is 399 Å². The van der Waals surface area contributed by atoms with Crippen molar-refractivity contribution < 1.29 is 42.9 Å². The maximum atomic E-state index is 13.0. The first-order valence-electron chi connectivity index (χ1n) is 40.7. The van der Waals surface area contributed by atoms with Crippen LogP contribution < -0.4 is 5.11 Å². The summed E-state index contributed by atoms with van der Waals surface area (Å²) in [5, 5.41) is 11.9. The summed E-state index contributed by atoms with van der Waals surface area (Å²) in [4.78, 5) is 37.6. The highest BCUT2D eigenvalue weighted by molar-refractivity contribution is 5.70. The van der Waals surface area contributed by atoms with E-state index in [1.165, 1.54) is 283 Å². The summed E-state index contributed by atoms with van der Waals surface area (Å²) < 4.78 is 22.9. The number of esters is 2. The van der Waals surface area contributed by atoms with Gasteiger partial charge in [-0.25, -0.2) is 0 Å². The number of allylic oxidation sites excluding steroid dienone is 14. The zero-order valence-corrected chi connectivity index (χ0v) is 63.3. The van der Waals surface area contributed by atoms with Gasteiger partial charge in [-0.2, -0.15) is 0 Å². The zero-order valence-electron chi connectivity index (χ0n) is 63.3. The van der Waals surface area contributed by atoms with E-state index in [1.807, 2.05) is 21.1 Å². The average Bonchev–Trinajstić information content (AvgIpc) is 3.75. The Kier molecular flexibility index (Phi) is 73.4.